The van der Waals surface area contributed by atoms with Gasteiger partial charge in [0.15, 0.2) is 5.78 Å². The van der Waals surface area contributed by atoms with Gasteiger partial charge >= 0.3 is 6.18 Å². The molecule has 126 valence electrons. The molecule has 0 bridgehead atoms. The molecule has 0 aliphatic heterocycles. The van der Waals surface area contributed by atoms with Gasteiger partial charge in [0.25, 0.3) is 5.69 Å². The van der Waals surface area contributed by atoms with E-state index in [1.54, 1.807) is 0 Å². The lowest BCUT2D eigenvalue weighted by Crippen LogP contribution is -2.09. The molecule has 2 aromatic rings. The number of halogens is 4. The Morgan fingerprint density at radius 2 is 1.88 bits per heavy atom. The van der Waals surface area contributed by atoms with Gasteiger partial charge in [-0.15, -0.1) is 0 Å². The lowest BCUT2D eigenvalue weighted by atomic mass is 9.99. The normalized spacial score (nSPS) is 11.4. The number of nitro groups is 1. The van der Waals surface area contributed by atoms with Crippen molar-refractivity contribution in [2.75, 3.05) is 0 Å². The Morgan fingerprint density at radius 3 is 2.46 bits per heavy atom. The van der Waals surface area contributed by atoms with Gasteiger partial charge in [-0.1, -0.05) is 29.8 Å². The van der Waals surface area contributed by atoms with Crippen LogP contribution in [-0.4, -0.2) is 10.7 Å². The van der Waals surface area contributed by atoms with E-state index in [0.717, 1.165) is 18.2 Å². The first-order valence-corrected chi connectivity index (χ1v) is 7.11. The van der Waals surface area contributed by atoms with Crippen LogP contribution in [0.2, 0.25) is 5.02 Å². The van der Waals surface area contributed by atoms with Gasteiger partial charge in [-0.3, -0.25) is 14.9 Å². The summed E-state index contributed by atoms with van der Waals surface area (Å²) in [6.07, 6.45) is -4.95. The molecule has 0 unspecified atom stereocenters. The van der Waals surface area contributed by atoms with E-state index in [-0.39, 0.29) is 23.2 Å². The monoisotopic (exact) mass is 357 g/mol. The number of nitro benzene ring substituents is 1. The molecule has 0 aliphatic rings. The van der Waals surface area contributed by atoms with Gasteiger partial charge in [-0.05, 0) is 24.6 Å². The van der Waals surface area contributed by atoms with Crippen molar-refractivity contribution in [3.8, 4) is 0 Å². The van der Waals surface area contributed by atoms with Gasteiger partial charge in [-0.2, -0.15) is 13.2 Å². The minimum atomic E-state index is -4.63. The first kappa shape index (κ1) is 17.9. The molecule has 0 saturated heterocycles. The molecule has 8 heteroatoms. The van der Waals surface area contributed by atoms with Gasteiger partial charge in [0, 0.05) is 23.6 Å². The van der Waals surface area contributed by atoms with Gasteiger partial charge in [0.1, 0.15) is 0 Å². The summed E-state index contributed by atoms with van der Waals surface area (Å²) in [6, 6.07) is 7.16. The number of aryl methyl sites for hydroxylation is 1. The van der Waals surface area contributed by atoms with Crippen LogP contribution in [0, 0.1) is 17.0 Å². The molecule has 2 rings (SSSR count). The highest BCUT2D eigenvalue weighted by molar-refractivity contribution is 6.31. The maximum Gasteiger partial charge on any atom is 0.417 e. The summed E-state index contributed by atoms with van der Waals surface area (Å²) in [4.78, 5) is 22.5. The number of hydrogen-bond acceptors (Lipinski definition) is 3. The van der Waals surface area contributed by atoms with Crippen LogP contribution < -0.4 is 0 Å². The van der Waals surface area contributed by atoms with E-state index in [2.05, 4.69) is 0 Å². The van der Waals surface area contributed by atoms with E-state index in [9.17, 15) is 28.1 Å². The zero-order valence-corrected chi connectivity index (χ0v) is 13.1. The summed E-state index contributed by atoms with van der Waals surface area (Å²) in [6.45, 7) is 1.53. The summed E-state index contributed by atoms with van der Waals surface area (Å²) in [5, 5.41) is 10.4. The Balaban J connectivity index is 2.31. The Bertz CT molecular complexity index is 819. The van der Waals surface area contributed by atoms with Crippen LogP contribution >= 0.6 is 11.6 Å². The minimum absolute atomic E-state index is 0.0656. The lowest BCUT2D eigenvalue weighted by molar-refractivity contribution is -0.385. The van der Waals surface area contributed by atoms with Crippen LogP contribution in [0.5, 0.6) is 0 Å². The lowest BCUT2D eigenvalue weighted by Gasteiger charge is -2.11. The highest BCUT2D eigenvalue weighted by Gasteiger charge is 2.33. The average molecular weight is 358 g/mol. The Hall–Kier alpha value is -2.41. The third kappa shape index (κ3) is 3.91. The molecule has 0 heterocycles. The summed E-state index contributed by atoms with van der Waals surface area (Å²) in [5.41, 5.74) is -0.657. The van der Waals surface area contributed by atoms with Crippen LogP contribution in [0.15, 0.2) is 36.4 Å². The number of Topliss-reactive ketones (excluding diaryl/α,β-unsaturated/α-hetero) is 1. The molecule has 24 heavy (non-hydrogen) atoms. The number of carbonyl (C=O) groups is 1. The number of hydrogen-bond donors (Lipinski definition) is 0. The fourth-order valence-corrected chi connectivity index (χ4v) is 2.39. The SMILES string of the molecule is Cc1ccc(C(=O)Cc2ccc(Cl)c(C(F)(F)F)c2)cc1[N+](=O)[O-]. The summed E-state index contributed by atoms with van der Waals surface area (Å²) in [5.74, 6) is -0.520. The van der Waals surface area contributed by atoms with Gasteiger partial charge < -0.3 is 0 Å². The Morgan fingerprint density at radius 1 is 1.21 bits per heavy atom. The van der Waals surface area contributed by atoms with E-state index in [0.29, 0.717) is 5.56 Å². The Labute approximate surface area is 140 Å². The predicted octanol–water partition coefficient (Wildman–Crippen LogP) is 5.00. The molecule has 0 aliphatic carbocycles. The van der Waals surface area contributed by atoms with Gasteiger partial charge in [-0.25, -0.2) is 0 Å². The maximum absolute atomic E-state index is 12.8. The van der Waals surface area contributed by atoms with E-state index >= 15 is 0 Å². The van der Waals surface area contributed by atoms with Crippen LogP contribution in [0.25, 0.3) is 0 Å². The van der Waals surface area contributed by atoms with Crippen molar-refractivity contribution < 1.29 is 22.9 Å². The van der Waals surface area contributed by atoms with Crippen molar-refractivity contribution in [1.29, 1.82) is 0 Å². The van der Waals surface area contributed by atoms with Crippen LogP contribution in [-0.2, 0) is 12.6 Å². The fraction of sp³-hybridized carbons (Fsp3) is 0.188. The molecular weight excluding hydrogens is 347 g/mol. The summed E-state index contributed by atoms with van der Waals surface area (Å²) < 4.78 is 38.5. The van der Waals surface area contributed by atoms with Crippen molar-refractivity contribution >= 4 is 23.1 Å². The van der Waals surface area contributed by atoms with Crippen LogP contribution in [0.3, 0.4) is 0 Å². The zero-order valence-electron chi connectivity index (χ0n) is 12.4. The molecule has 0 spiro atoms. The van der Waals surface area contributed by atoms with E-state index in [4.69, 9.17) is 11.6 Å². The number of benzene rings is 2. The number of ketones is 1. The largest absolute Gasteiger partial charge is 0.417 e. The van der Waals surface area contributed by atoms with E-state index < -0.39 is 27.5 Å². The van der Waals surface area contributed by atoms with Crippen molar-refractivity contribution in [1.82, 2.24) is 0 Å². The second-order valence-electron chi connectivity index (χ2n) is 5.17. The van der Waals surface area contributed by atoms with E-state index in [1.807, 2.05) is 0 Å². The number of rotatable bonds is 4. The molecule has 0 amide bonds. The minimum Gasteiger partial charge on any atom is -0.294 e. The molecule has 0 saturated carbocycles. The van der Waals surface area contributed by atoms with Crippen LogP contribution in [0.4, 0.5) is 18.9 Å². The molecule has 2 aromatic carbocycles. The highest BCUT2D eigenvalue weighted by atomic mass is 35.5. The molecule has 0 fully saturated rings. The highest BCUT2D eigenvalue weighted by Crippen LogP contribution is 2.35. The average Bonchev–Trinajstić information content (AvgIpc) is 2.48. The fourth-order valence-electron chi connectivity index (χ4n) is 2.17. The third-order valence-electron chi connectivity index (χ3n) is 3.43. The second-order valence-corrected chi connectivity index (χ2v) is 5.58. The first-order valence-electron chi connectivity index (χ1n) is 6.73. The predicted molar refractivity (Wildman–Crippen MR) is 82.3 cm³/mol. The van der Waals surface area contributed by atoms with Gasteiger partial charge in [0.2, 0.25) is 0 Å². The molecule has 0 radical (unpaired) electrons. The topological polar surface area (TPSA) is 60.2 Å². The smallest absolute Gasteiger partial charge is 0.294 e. The first-order chi connectivity index (χ1) is 11.1. The number of nitrogens with zero attached hydrogens (tertiary/aromatic N) is 1. The molecule has 4 nitrogen and oxygen atoms in total. The van der Waals surface area contributed by atoms with Crippen molar-refractivity contribution in [3.63, 3.8) is 0 Å². The maximum atomic E-state index is 12.8. The number of alkyl halides is 3. The third-order valence-corrected chi connectivity index (χ3v) is 3.76. The molecule has 0 N–H and O–H groups in total. The van der Waals surface area contributed by atoms with Gasteiger partial charge in [0.05, 0.1) is 15.5 Å². The molecule has 0 aromatic heterocycles. The standard InChI is InChI=1S/C16H11ClF3NO3/c1-9-2-4-11(8-14(9)21(23)24)15(22)7-10-3-5-13(17)12(6-10)16(18,19)20/h2-6,8H,7H2,1H3. The van der Waals surface area contributed by atoms with Crippen molar-refractivity contribution in [3.05, 3.63) is 73.8 Å². The quantitative estimate of drug-likeness (QED) is 0.439. The van der Waals surface area contributed by atoms with Crippen LogP contribution in [0.1, 0.15) is 27.0 Å². The van der Waals surface area contributed by atoms with Crippen molar-refractivity contribution in [2.45, 2.75) is 19.5 Å². The summed E-state index contributed by atoms with van der Waals surface area (Å²) in [7, 11) is 0. The summed E-state index contributed by atoms with van der Waals surface area (Å²) >= 11 is 5.53. The molecular formula is C16H11ClF3NO3. The van der Waals surface area contributed by atoms with E-state index in [1.165, 1.54) is 25.1 Å². The zero-order chi connectivity index (χ0) is 18.1. The Kier molecular flexibility index (Phi) is 4.94. The molecule has 0 atom stereocenters. The number of carbonyl (C=O) groups excluding carboxylic acids is 1. The second kappa shape index (κ2) is 6.60. The van der Waals surface area contributed by atoms with Crippen molar-refractivity contribution in [2.24, 2.45) is 0 Å².